The molecule has 1 nitrogen and oxygen atoms in total. The zero-order valence-corrected chi connectivity index (χ0v) is 9.31. The quantitative estimate of drug-likeness (QED) is 0.645. The molecule has 0 aromatic carbocycles. The van der Waals surface area contributed by atoms with Gasteiger partial charge in [-0.05, 0) is 45.2 Å². The lowest BCUT2D eigenvalue weighted by molar-refractivity contribution is 0.0597. The summed E-state index contributed by atoms with van der Waals surface area (Å²) < 4.78 is 0. The highest BCUT2D eigenvalue weighted by molar-refractivity contribution is 4.90. The number of hydrogen-bond donors (Lipinski definition) is 0. The van der Waals surface area contributed by atoms with Crippen molar-refractivity contribution in [2.45, 2.75) is 57.9 Å². The molecule has 77 valence electrons. The van der Waals surface area contributed by atoms with Crippen molar-refractivity contribution >= 4 is 0 Å². The van der Waals surface area contributed by atoms with Crippen LogP contribution in [-0.2, 0) is 0 Å². The predicted octanol–water partition coefficient (Wildman–Crippen LogP) is 3.26. The van der Waals surface area contributed by atoms with Crippen LogP contribution in [0.3, 0.4) is 0 Å². The highest BCUT2D eigenvalue weighted by Crippen LogP contribution is 2.30. The van der Waals surface area contributed by atoms with E-state index in [0.717, 1.165) is 6.42 Å². The van der Waals surface area contributed by atoms with Crippen LogP contribution in [0, 0.1) is 6.92 Å². The standard InChI is InChI=1S/C12H24N/c1-4-12(5-2,6-3)13-10-8-7-9-11-13/h1,4-11H2,2-3H3. The van der Waals surface area contributed by atoms with Crippen LogP contribution < -0.4 is 0 Å². The van der Waals surface area contributed by atoms with Gasteiger partial charge in [-0.2, -0.15) is 0 Å². The van der Waals surface area contributed by atoms with Crippen LogP contribution >= 0.6 is 0 Å². The molecular formula is C12H24N. The molecule has 0 N–H and O–H groups in total. The van der Waals surface area contributed by atoms with Crippen LogP contribution in [0.1, 0.15) is 52.4 Å². The summed E-state index contributed by atoms with van der Waals surface area (Å²) in [5, 5.41) is 0. The second-order valence-electron chi connectivity index (χ2n) is 4.23. The number of hydrogen-bond acceptors (Lipinski definition) is 1. The van der Waals surface area contributed by atoms with Crippen molar-refractivity contribution in [3.05, 3.63) is 6.92 Å². The van der Waals surface area contributed by atoms with E-state index < -0.39 is 0 Å². The summed E-state index contributed by atoms with van der Waals surface area (Å²) >= 11 is 0. The number of likely N-dealkylation sites (tertiary alicyclic amines) is 1. The van der Waals surface area contributed by atoms with Gasteiger partial charge in [-0.1, -0.05) is 27.2 Å². The molecular weight excluding hydrogens is 158 g/mol. The molecule has 0 bridgehead atoms. The molecule has 0 aromatic heterocycles. The van der Waals surface area contributed by atoms with Gasteiger partial charge in [-0.3, -0.25) is 4.90 Å². The molecule has 1 aliphatic heterocycles. The number of nitrogens with zero attached hydrogens (tertiary/aromatic N) is 1. The first-order chi connectivity index (χ1) is 6.29. The van der Waals surface area contributed by atoms with Crippen LogP contribution in [0.25, 0.3) is 0 Å². The Morgan fingerprint density at radius 2 is 1.62 bits per heavy atom. The molecule has 1 rings (SSSR count). The average Bonchev–Trinajstić information content (AvgIpc) is 2.23. The Balaban J connectivity index is 2.60. The minimum atomic E-state index is 0.417. The maximum Gasteiger partial charge on any atom is 0.0204 e. The van der Waals surface area contributed by atoms with E-state index in [0.29, 0.717) is 5.54 Å². The predicted molar refractivity (Wildman–Crippen MR) is 58.7 cm³/mol. The number of piperidine rings is 1. The van der Waals surface area contributed by atoms with Gasteiger partial charge in [0.15, 0.2) is 0 Å². The minimum Gasteiger partial charge on any atom is -0.298 e. The monoisotopic (exact) mass is 182 g/mol. The number of rotatable bonds is 4. The van der Waals surface area contributed by atoms with Crippen molar-refractivity contribution in [2.75, 3.05) is 13.1 Å². The summed E-state index contributed by atoms with van der Waals surface area (Å²) in [6, 6.07) is 0. The van der Waals surface area contributed by atoms with Gasteiger partial charge >= 0.3 is 0 Å². The molecule has 0 aromatic rings. The fraction of sp³-hybridized carbons (Fsp3) is 0.917. The molecule has 1 aliphatic rings. The van der Waals surface area contributed by atoms with E-state index in [2.05, 4.69) is 25.7 Å². The molecule has 1 radical (unpaired) electrons. The zero-order chi connectivity index (χ0) is 9.73. The third-order valence-electron chi connectivity index (χ3n) is 3.81. The first kappa shape index (κ1) is 11.0. The zero-order valence-electron chi connectivity index (χ0n) is 9.31. The summed E-state index contributed by atoms with van der Waals surface area (Å²) in [7, 11) is 0. The van der Waals surface area contributed by atoms with Gasteiger partial charge in [0.25, 0.3) is 0 Å². The van der Waals surface area contributed by atoms with Crippen LogP contribution in [0.2, 0.25) is 0 Å². The van der Waals surface area contributed by atoms with Gasteiger partial charge in [0.05, 0.1) is 0 Å². The Bertz CT molecular complexity index is 124. The highest BCUT2D eigenvalue weighted by Gasteiger charge is 2.31. The maximum absolute atomic E-state index is 4.13. The molecule has 0 aliphatic carbocycles. The molecule has 1 saturated heterocycles. The Labute approximate surface area is 83.5 Å². The first-order valence-electron chi connectivity index (χ1n) is 5.83. The first-order valence-corrected chi connectivity index (χ1v) is 5.83. The van der Waals surface area contributed by atoms with Gasteiger partial charge in [0, 0.05) is 5.54 Å². The lowest BCUT2D eigenvalue weighted by Crippen LogP contribution is -2.49. The van der Waals surface area contributed by atoms with Crippen molar-refractivity contribution in [2.24, 2.45) is 0 Å². The molecule has 0 amide bonds. The van der Waals surface area contributed by atoms with Gasteiger partial charge in [-0.25, -0.2) is 0 Å². The molecule has 1 heteroatoms. The summed E-state index contributed by atoms with van der Waals surface area (Å²) in [6.45, 7) is 11.4. The second kappa shape index (κ2) is 4.99. The normalized spacial score (nSPS) is 20.5. The lowest BCUT2D eigenvalue weighted by Gasteiger charge is -2.44. The van der Waals surface area contributed by atoms with E-state index in [1.165, 1.54) is 45.2 Å². The molecule has 0 unspecified atom stereocenters. The highest BCUT2D eigenvalue weighted by atomic mass is 15.2. The van der Waals surface area contributed by atoms with E-state index >= 15 is 0 Å². The SMILES string of the molecule is [CH2]CC(CC)(CC)N1CCCCC1. The minimum absolute atomic E-state index is 0.417. The van der Waals surface area contributed by atoms with E-state index in [1.54, 1.807) is 0 Å². The summed E-state index contributed by atoms with van der Waals surface area (Å²) in [6.07, 6.45) is 7.79. The summed E-state index contributed by atoms with van der Waals surface area (Å²) in [5.41, 5.74) is 0.417. The van der Waals surface area contributed by atoms with Crippen LogP contribution in [0.4, 0.5) is 0 Å². The molecule has 0 atom stereocenters. The Morgan fingerprint density at radius 1 is 1.08 bits per heavy atom. The average molecular weight is 182 g/mol. The van der Waals surface area contributed by atoms with Gasteiger partial charge in [-0.15, -0.1) is 0 Å². The maximum atomic E-state index is 4.13. The third-order valence-corrected chi connectivity index (χ3v) is 3.81. The smallest absolute Gasteiger partial charge is 0.0204 e. The van der Waals surface area contributed by atoms with Crippen LogP contribution in [-0.4, -0.2) is 23.5 Å². The largest absolute Gasteiger partial charge is 0.298 e. The van der Waals surface area contributed by atoms with E-state index in [-0.39, 0.29) is 0 Å². The lowest BCUT2D eigenvalue weighted by atomic mass is 9.86. The Morgan fingerprint density at radius 3 is 2.00 bits per heavy atom. The van der Waals surface area contributed by atoms with Crippen molar-refractivity contribution < 1.29 is 0 Å². The molecule has 13 heavy (non-hydrogen) atoms. The fourth-order valence-electron chi connectivity index (χ4n) is 2.58. The van der Waals surface area contributed by atoms with E-state index in [4.69, 9.17) is 0 Å². The van der Waals surface area contributed by atoms with Crippen molar-refractivity contribution in [3.63, 3.8) is 0 Å². The molecule has 0 saturated carbocycles. The van der Waals surface area contributed by atoms with E-state index in [1.807, 2.05) is 0 Å². The Kier molecular flexibility index (Phi) is 4.24. The van der Waals surface area contributed by atoms with Crippen molar-refractivity contribution in [3.8, 4) is 0 Å². The van der Waals surface area contributed by atoms with E-state index in [9.17, 15) is 0 Å². The molecule has 1 fully saturated rings. The Hall–Kier alpha value is -0.0400. The van der Waals surface area contributed by atoms with Gasteiger partial charge in [0.1, 0.15) is 0 Å². The fourth-order valence-corrected chi connectivity index (χ4v) is 2.58. The van der Waals surface area contributed by atoms with Crippen LogP contribution in [0.5, 0.6) is 0 Å². The molecule has 0 spiro atoms. The second-order valence-corrected chi connectivity index (χ2v) is 4.23. The van der Waals surface area contributed by atoms with Crippen molar-refractivity contribution in [1.82, 2.24) is 4.90 Å². The van der Waals surface area contributed by atoms with Crippen LogP contribution in [0.15, 0.2) is 0 Å². The summed E-state index contributed by atoms with van der Waals surface area (Å²) in [4.78, 5) is 2.68. The van der Waals surface area contributed by atoms with Crippen molar-refractivity contribution in [1.29, 1.82) is 0 Å². The van der Waals surface area contributed by atoms with Gasteiger partial charge in [0.2, 0.25) is 0 Å². The topological polar surface area (TPSA) is 3.24 Å². The van der Waals surface area contributed by atoms with Gasteiger partial charge < -0.3 is 0 Å². The summed E-state index contributed by atoms with van der Waals surface area (Å²) in [5.74, 6) is 0. The molecule has 1 heterocycles. The third kappa shape index (κ3) is 2.25.